The minimum absolute atomic E-state index is 0.519. The molecular formula is C10H13NO3. The second-order valence-corrected chi connectivity index (χ2v) is 3.51. The van der Waals surface area contributed by atoms with E-state index in [-0.39, 0.29) is 0 Å². The van der Waals surface area contributed by atoms with Crippen molar-refractivity contribution in [3.63, 3.8) is 0 Å². The van der Waals surface area contributed by atoms with Crippen molar-refractivity contribution in [1.29, 1.82) is 0 Å². The first-order valence-electron chi connectivity index (χ1n) is 4.22. The average Bonchev–Trinajstić information content (AvgIpc) is 2.17. The minimum Gasteiger partial charge on any atom is -0.495 e. The molecule has 0 atom stereocenters. The fourth-order valence-corrected chi connectivity index (χ4v) is 0.980. The van der Waals surface area contributed by atoms with Crippen LogP contribution in [0.2, 0.25) is 0 Å². The zero-order valence-corrected chi connectivity index (χ0v) is 8.44. The molecule has 1 rings (SSSR count). The van der Waals surface area contributed by atoms with Crippen LogP contribution in [0.1, 0.15) is 19.5 Å². The molecule has 0 saturated carbocycles. The standard InChI is InChI=1S/C10H13NO3/c1-10(2,9(12)13)8-5-4-7(14-3)6-11-8/h4-6H,1-3H3,(H,12,13). The van der Waals surface area contributed by atoms with Gasteiger partial charge in [0.1, 0.15) is 11.2 Å². The van der Waals surface area contributed by atoms with Gasteiger partial charge in [-0.25, -0.2) is 0 Å². The third-order valence-electron chi connectivity index (χ3n) is 2.15. The number of nitrogens with zero attached hydrogens (tertiary/aromatic N) is 1. The number of carboxylic acid groups (broad SMARTS) is 1. The minimum atomic E-state index is -0.966. The van der Waals surface area contributed by atoms with Crippen molar-refractivity contribution in [3.8, 4) is 5.75 Å². The quantitative estimate of drug-likeness (QED) is 0.793. The summed E-state index contributed by atoms with van der Waals surface area (Å²) in [5.41, 5.74) is -0.447. The van der Waals surface area contributed by atoms with Crippen molar-refractivity contribution in [1.82, 2.24) is 4.98 Å². The third kappa shape index (κ3) is 1.84. The van der Waals surface area contributed by atoms with E-state index in [0.29, 0.717) is 11.4 Å². The Hall–Kier alpha value is -1.58. The van der Waals surface area contributed by atoms with Crippen molar-refractivity contribution in [2.45, 2.75) is 19.3 Å². The molecule has 0 fully saturated rings. The van der Waals surface area contributed by atoms with Gasteiger partial charge in [-0.1, -0.05) is 0 Å². The molecule has 14 heavy (non-hydrogen) atoms. The molecule has 0 aromatic carbocycles. The molecular weight excluding hydrogens is 182 g/mol. The molecule has 0 spiro atoms. The highest BCUT2D eigenvalue weighted by Gasteiger charge is 2.30. The van der Waals surface area contributed by atoms with Crippen LogP contribution >= 0.6 is 0 Å². The smallest absolute Gasteiger partial charge is 0.315 e. The SMILES string of the molecule is COc1ccc(C(C)(C)C(=O)O)nc1. The van der Waals surface area contributed by atoms with Gasteiger partial charge in [0.05, 0.1) is 19.0 Å². The van der Waals surface area contributed by atoms with Crippen LogP contribution in [0.5, 0.6) is 5.75 Å². The number of rotatable bonds is 3. The van der Waals surface area contributed by atoms with E-state index >= 15 is 0 Å². The monoisotopic (exact) mass is 195 g/mol. The summed E-state index contributed by atoms with van der Waals surface area (Å²) >= 11 is 0. The molecule has 0 bridgehead atoms. The van der Waals surface area contributed by atoms with Crippen molar-refractivity contribution >= 4 is 5.97 Å². The molecule has 0 aliphatic rings. The van der Waals surface area contributed by atoms with E-state index < -0.39 is 11.4 Å². The predicted octanol–water partition coefficient (Wildman–Crippen LogP) is 1.45. The topological polar surface area (TPSA) is 59.4 Å². The maximum atomic E-state index is 10.9. The Morgan fingerprint density at radius 1 is 1.50 bits per heavy atom. The number of carboxylic acids is 1. The maximum absolute atomic E-state index is 10.9. The molecule has 0 unspecified atom stereocenters. The summed E-state index contributed by atoms with van der Waals surface area (Å²) in [6.07, 6.45) is 1.51. The van der Waals surface area contributed by atoms with Crippen LogP contribution in [0, 0.1) is 0 Å². The van der Waals surface area contributed by atoms with Crippen LogP contribution in [0.15, 0.2) is 18.3 Å². The number of pyridine rings is 1. The van der Waals surface area contributed by atoms with Crippen LogP contribution in [-0.4, -0.2) is 23.2 Å². The maximum Gasteiger partial charge on any atom is 0.315 e. The van der Waals surface area contributed by atoms with Crippen LogP contribution in [-0.2, 0) is 10.2 Å². The lowest BCUT2D eigenvalue weighted by atomic mass is 9.89. The summed E-state index contributed by atoms with van der Waals surface area (Å²) in [5.74, 6) is -0.273. The van der Waals surface area contributed by atoms with Crippen molar-refractivity contribution < 1.29 is 14.6 Å². The Morgan fingerprint density at radius 2 is 2.14 bits per heavy atom. The van der Waals surface area contributed by atoms with E-state index in [4.69, 9.17) is 9.84 Å². The number of aromatic nitrogens is 1. The Morgan fingerprint density at radius 3 is 2.50 bits per heavy atom. The number of carbonyl (C=O) groups is 1. The van der Waals surface area contributed by atoms with Gasteiger partial charge in [-0.3, -0.25) is 9.78 Å². The molecule has 76 valence electrons. The normalized spacial score (nSPS) is 11.1. The molecule has 1 N–H and O–H groups in total. The lowest BCUT2D eigenvalue weighted by molar-refractivity contribution is -0.142. The lowest BCUT2D eigenvalue weighted by Crippen LogP contribution is -2.29. The molecule has 0 aliphatic carbocycles. The fourth-order valence-electron chi connectivity index (χ4n) is 0.980. The highest BCUT2D eigenvalue weighted by molar-refractivity contribution is 5.79. The van der Waals surface area contributed by atoms with Gasteiger partial charge in [0.2, 0.25) is 0 Å². The summed E-state index contributed by atoms with van der Waals surface area (Å²) in [5, 5.41) is 8.95. The Kier molecular flexibility index (Phi) is 2.74. The number of aliphatic carboxylic acids is 1. The van der Waals surface area contributed by atoms with Gasteiger partial charge < -0.3 is 9.84 Å². The van der Waals surface area contributed by atoms with Crippen LogP contribution in [0.4, 0.5) is 0 Å². The summed E-state index contributed by atoms with van der Waals surface area (Å²) in [6, 6.07) is 3.36. The van der Waals surface area contributed by atoms with Gasteiger partial charge in [0, 0.05) is 0 Å². The van der Waals surface area contributed by atoms with Crippen molar-refractivity contribution in [2.24, 2.45) is 0 Å². The van der Waals surface area contributed by atoms with Crippen molar-refractivity contribution in [2.75, 3.05) is 7.11 Å². The third-order valence-corrected chi connectivity index (χ3v) is 2.15. The molecule has 1 aromatic rings. The summed E-state index contributed by atoms with van der Waals surface area (Å²) in [4.78, 5) is 14.9. The van der Waals surface area contributed by atoms with E-state index in [1.807, 2.05) is 0 Å². The summed E-state index contributed by atoms with van der Waals surface area (Å²) in [6.45, 7) is 3.23. The van der Waals surface area contributed by atoms with E-state index in [2.05, 4.69) is 4.98 Å². The van der Waals surface area contributed by atoms with Crippen LogP contribution in [0.3, 0.4) is 0 Å². The highest BCUT2D eigenvalue weighted by Crippen LogP contribution is 2.22. The van der Waals surface area contributed by atoms with E-state index in [0.717, 1.165) is 0 Å². The lowest BCUT2D eigenvalue weighted by Gasteiger charge is -2.18. The van der Waals surface area contributed by atoms with Gasteiger partial charge in [-0.05, 0) is 26.0 Å². The van der Waals surface area contributed by atoms with E-state index in [1.54, 1.807) is 33.1 Å². The molecule has 4 heteroatoms. The van der Waals surface area contributed by atoms with E-state index in [1.165, 1.54) is 6.20 Å². The Balaban J connectivity index is 3.02. The first-order valence-corrected chi connectivity index (χ1v) is 4.22. The molecule has 1 aromatic heterocycles. The van der Waals surface area contributed by atoms with Gasteiger partial charge >= 0.3 is 5.97 Å². The van der Waals surface area contributed by atoms with Crippen LogP contribution < -0.4 is 4.74 Å². The summed E-state index contributed by atoms with van der Waals surface area (Å²) < 4.78 is 4.93. The first-order chi connectivity index (χ1) is 6.48. The van der Waals surface area contributed by atoms with Crippen LogP contribution in [0.25, 0.3) is 0 Å². The zero-order valence-electron chi connectivity index (χ0n) is 8.44. The average molecular weight is 195 g/mol. The Bertz CT molecular complexity index is 330. The van der Waals surface area contributed by atoms with Gasteiger partial charge in [-0.2, -0.15) is 0 Å². The number of hydrogen-bond acceptors (Lipinski definition) is 3. The molecule has 0 saturated heterocycles. The van der Waals surface area contributed by atoms with Gasteiger partial charge in [-0.15, -0.1) is 0 Å². The number of ether oxygens (including phenoxy) is 1. The molecule has 0 amide bonds. The molecule has 1 heterocycles. The second-order valence-electron chi connectivity index (χ2n) is 3.51. The van der Waals surface area contributed by atoms with Gasteiger partial charge in [0.25, 0.3) is 0 Å². The molecule has 0 radical (unpaired) electrons. The molecule has 4 nitrogen and oxygen atoms in total. The predicted molar refractivity (Wildman–Crippen MR) is 51.5 cm³/mol. The zero-order chi connectivity index (χ0) is 10.8. The molecule has 0 aliphatic heterocycles. The fraction of sp³-hybridized carbons (Fsp3) is 0.400. The number of hydrogen-bond donors (Lipinski definition) is 1. The second kappa shape index (κ2) is 3.65. The largest absolute Gasteiger partial charge is 0.495 e. The van der Waals surface area contributed by atoms with Gasteiger partial charge in [0.15, 0.2) is 0 Å². The Labute approximate surface area is 82.5 Å². The summed E-state index contributed by atoms with van der Waals surface area (Å²) in [7, 11) is 1.54. The van der Waals surface area contributed by atoms with E-state index in [9.17, 15) is 4.79 Å². The highest BCUT2D eigenvalue weighted by atomic mass is 16.5. The number of methoxy groups -OCH3 is 1. The first kappa shape index (κ1) is 10.5. The van der Waals surface area contributed by atoms with Crippen molar-refractivity contribution in [3.05, 3.63) is 24.0 Å².